The smallest absolute Gasteiger partial charge is 0.347 e. The van der Waals surface area contributed by atoms with E-state index in [1.165, 1.54) is 7.05 Å². The molecule has 0 radical (unpaired) electrons. The van der Waals surface area contributed by atoms with Crippen molar-refractivity contribution in [3.05, 3.63) is 10.6 Å². The lowest BCUT2D eigenvalue weighted by Gasteiger charge is -1.97. The van der Waals surface area contributed by atoms with Gasteiger partial charge in [0.1, 0.15) is 4.88 Å². The van der Waals surface area contributed by atoms with Gasteiger partial charge in [0.15, 0.2) is 5.13 Å². The number of thiazole rings is 1. The number of carboxylic acids is 1. The highest BCUT2D eigenvalue weighted by Gasteiger charge is 2.14. The number of anilines is 1. The van der Waals surface area contributed by atoms with Crippen LogP contribution in [0, 0.1) is 6.92 Å². The topological polar surface area (TPSA) is 91.3 Å². The zero-order valence-corrected chi connectivity index (χ0v) is 8.44. The predicted octanol–water partition coefficient (Wildman–Crippen LogP) is 0.901. The maximum Gasteiger partial charge on any atom is 0.347 e. The molecule has 0 saturated heterocycles. The molecule has 7 heteroatoms. The molecule has 76 valence electrons. The van der Waals surface area contributed by atoms with Crippen molar-refractivity contribution >= 4 is 28.5 Å². The average molecular weight is 215 g/mol. The first kappa shape index (κ1) is 10.5. The molecule has 0 fully saturated rings. The quantitative estimate of drug-likeness (QED) is 0.683. The van der Waals surface area contributed by atoms with E-state index in [2.05, 4.69) is 15.6 Å². The number of carbonyl (C=O) groups excluding carboxylic acids is 1. The van der Waals surface area contributed by atoms with E-state index in [1.54, 1.807) is 6.92 Å². The van der Waals surface area contributed by atoms with Gasteiger partial charge in [0, 0.05) is 7.05 Å². The number of amides is 2. The van der Waals surface area contributed by atoms with Crippen LogP contribution in [0.25, 0.3) is 0 Å². The van der Waals surface area contributed by atoms with E-state index in [0.717, 1.165) is 11.3 Å². The van der Waals surface area contributed by atoms with Gasteiger partial charge in [-0.1, -0.05) is 11.3 Å². The van der Waals surface area contributed by atoms with E-state index in [1.807, 2.05) is 0 Å². The number of aryl methyl sites for hydroxylation is 1. The first-order chi connectivity index (χ1) is 6.54. The van der Waals surface area contributed by atoms with Crippen molar-refractivity contribution in [3.8, 4) is 0 Å². The summed E-state index contributed by atoms with van der Waals surface area (Å²) in [6.45, 7) is 1.58. The Morgan fingerprint density at radius 2 is 2.14 bits per heavy atom. The van der Waals surface area contributed by atoms with Crippen LogP contribution >= 0.6 is 11.3 Å². The fourth-order valence-corrected chi connectivity index (χ4v) is 1.61. The molecule has 0 spiro atoms. The van der Waals surface area contributed by atoms with Gasteiger partial charge in [-0.2, -0.15) is 0 Å². The minimum absolute atomic E-state index is 0.136. The Labute approximate surface area is 84.0 Å². The maximum atomic E-state index is 10.9. The number of carbonyl (C=O) groups is 2. The lowest BCUT2D eigenvalue weighted by Crippen LogP contribution is -2.24. The zero-order valence-electron chi connectivity index (χ0n) is 7.62. The Bertz CT molecular complexity index is 374. The van der Waals surface area contributed by atoms with Crippen LogP contribution in [0.1, 0.15) is 15.4 Å². The van der Waals surface area contributed by atoms with E-state index in [4.69, 9.17) is 5.11 Å². The number of aromatic nitrogens is 1. The maximum absolute atomic E-state index is 10.9. The molecule has 1 rings (SSSR count). The van der Waals surface area contributed by atoms with Crippen LogP contribution in [0.2, 0.25) is 0 Å². The molecule has 1 heterocycles. The molecule has 0 bridgehead atoms. The first-order valence-electron chi connectivity index (χ1n) is 3.74. The van der Waals surface area contributed by atoms with E-state index in [-0.39, 0.29) is 10.0 Å². The van der Waals surface area contributed by atoms with Gasteiger partial charge in [-0.05, 0) is 6.92 Å². The minimum atomic E-state index is -1.04. The molecule has 1 aromatic heterocycles. The van der Waals surface area contributed by atoms with Gasteiger partial charge < -0.3 is 10.4 Å². The lowest BCUT2D eigenvalue weighted by molar-refractivity contribution is 0.0701. The van der Waals surface area contributed by atoms with E-state index in [9.17, 15) is 9.59 Å². The average Bonchev–Trinajstić information content (AvgIpc) is 2.46. The fraction of sp³-hybridized carbons (Fsp3) is 0.286. The number of nitrogens with one attached hydrogen (secondary N) is 2. The molecule has 0 unspecified atom stereocenters. The molecule has 0 aliphatic rings. The van der Waals surface area contributed by atoms with Crippen molar-refractivity contribution < 1.29 is 14.7 Å². The molecule has 0 aromatic carbocycles. The summed E-state index contributed by atoms with van der Waals surface area (Å²) in [5.41, 5.74) is 0.397. The highest BCUT2D eigenvalue weighted by atomic mass is 32.1. The van der Waals surface area contributed by atoms with Crippen LogP contribution in [0.15, 0.2) is 0 Å². The highest BCUT2D eigenvalue weighted by molar-refractivity contribution is 7.17. The van der Waals surface area contributed by atoms with Gasteiger partial charge in [0.05, 0.1) is 5.69 Å². The van der Waals surface area contributed by atoms with Crippen LogP contribution in [-0.4, -0.2) is 29.1 Å². The third kappa shape index (κ3) is 2.19. The van der Waals surface area contributed by atoms with Gasteiger partial charge in [-0.25, -0.2) is 14.6 Å². The lowest BCUT2D eigenvalue weighted by atomic mass is 10.4. The number of carboxylic acid groups (broad SMARTS) is 1. The summed E-state index contributed by atoms with van der Waals surface area (Å²) in [6, 6.07) is -0.421. The molecule has 1 aromatic rings. The van der Waals surface area contributed by atoms with Crippen molar-refractivity contribution in [2.24, 2.45) is 0 Å². The van der Waals surface area contributed by atoms with Gasteiger partial charge in [0.2, 0.25) is 0 Å². The molecule has 2 amide bonds. The molecule has 0 aliphatic heterocycles. The summed E-state index contributed by atoms with van der Waals surface area (Å²) >= 11 is 0.929. The fourth-order valence-electron chi connectivity index (χ4n) is 0.808. The van der Waals surface area contributed by atoms with Gasteiger partial charge in [-0.15, -0.1) is 0 Å². The molecule has 0 aliphatic carbocycles. The molecule has 14 heavy (non-hydrogen) atoms. The van der Waals surface area contributed by atoms with E-state index >= 15 is 0 Å². The van der Waals surface area contributed by atoms with Gasteiger partial charge in [-0.3, -0.25) is 5.32 Å². The van der Waals surface area contributed by atoms with Crippen LogP contribution < -0.4 is 10.6 Å². The Hall–Kier alpha value is -1.63. The summed E-state index contributed by atoms with van der Waals surface area (Å²) in [5.74, 6) is -1.04. The molecule has 0 saturated carbocycles. The number of aromatic carboxylic acids is 1. The van der Waals surface area contributed by atoms with Crippen molar-refractivity contribution in [1.29, 1.82) is 0 Å². The summed E-state index contributed by atoms with van der Waals surface area (Å²) in [7, 11) is 1.47. The number of hydrogen-bond acceptors (Lipinski definition) is 4. The monoisotopic (exact) mass is 215 g/mol. The Morgan fingerprint density at radius 1 is 1.50 bits per heavy atom. The normalized spacial score (nSPS) is 9.57. The standard InChI is InChI=1S/C7H9N3O3S/c1-3-4(5(11)12)14-7(9-3)10-6(13)8-2/h1-2H3,(H,11,12)(H2,8,9,10,13). The third-order valence-electron chi connectivity index (χ3n) is 1.44. The molecular weight excluding hydrogens is 206 g/mol. The summed E-state index contributed by atoms with van der Waals surface area (Å²) in [6.07, 6.45) is 0. The molecule has 3 N–H and O–H groups in total. The van der Waals surface area contributed by atoms with E-state index in [0.29, 0.717) is 5.69 Å². The van der Waals surface area contributed by atoms with Crippen molar-refractivity contribution in [3.63, 3.8) is 0 Å². The van der Waals surface area contributed by atoms with Gasteiger partial charge >= 0.3 is 12.0 Å². The second kappa shape index (κ2) is 4.05. The highest BCUT2D eigenvalue weighted by Crippen LogP contribution is 2.21. The summed E-state index contributed by atoms with van der Waals surface area (Å²) in [5, 5.41) is 13.7. The Balaban J connectivity index is 2.86. The Kier molecular flexibility index (Phi) is 3.03. The SMILES string of the molecule is CNC(=O)Nc1nc(C)c(C(=O)O)s1. The van der Waals surface area contributed by atoms with E-state index < -0.39 is 12.0 Å². The number of urea groups is 1. The van der Waals surface area contributed by atoms with Crippen molar-refractivity contribution in [2.45, 2.75) is 6.92 Å². The number of nitrogens with zero attached hydrogens (tertiary/aromatic N) is 1. The summed E-state index contributed by atoms with van der Waals surface area (Å²) in [4.78, 5) is 25.5. The second-order valence-corrected chi connectivity index (χ2v) is 3.44. The number of rotatable bonds is 2. The predicted molar refractivity (Wildman–Crippen MR) is 51.9 cm³/mol. The van der Waals surface area contributed by atoms with Crippen LogP contribution in [0.3, 0.4) is 0 Å². The molecule has 0 atom stereocenters. The van der Waals surface area contributed by atoms with Crippen LogP contribution in [0.5, 0.6) is 0 Å². The van der Waals surface area contributed by atoms with Crippen LogP contribution in [-0.2, 0) is 0 Å². The van der Waals surface area contributed by atoms with Gasteiger partial charge in [0.25, 0.3) is 0 Å². The zero-order chi connectivity index (χ0) is 10.7. The molecular formula is C7H9N3O3S. The first-order valence-corrected chi connectivity index (χ1v) is 4.55. The number of hydrogen-bond donors (Lipinski definition) is 3. The van der Waals surface area contributed by atoms with Crippen molar-refractivity contribution in [1.82, 2.24) is 10.3 Å². The van der Waals surface area contributed by atoms with Crippen LogP contribution in [0.4, 0.5) is 9.93 Å². The second-order valence-electron chi connectivity index (χ2n) is 2.44. The molecule has 6 nitrogen and oxygen atoms in total. The largest absolute Gasteiger partial charge is 0.477 e. The summed E-state index contributed by atoms with van der Waals surface area (Å²) < 4.78 is 0. The van der Waals surface area contributed by atoms with Crippen molar-refractivity contribution in [2.75, 3.05) is 12.4 Å². The Morgan fingerprint density at radius 3 is 2.57 bits per heavy atom. The minimum Gasteiger partial charge on any atom is -0.477 e. The third-order valence-corrected chi connectivity index (χ3v) is 2.50.